The van der Waals surface area contributed by atoms with E-state index in [1.54, 1.807) is 0 Å². The Hall–Kier alpha value is -2.23. The SMILES string of the molecule is FC(F)(F)/C=C/CCCOc1ccccc1-c1ccccc1. The summed E-state index contributed by atoms with van der Waals surface area (Å²) in [5.41, 5.74) is 2.03. The molecule has 116 valence electrons. The van der Waals surface area contributed by atoms with Crippen LogP contribution in [0.1, 0.15) is 12.8 Å². The van der Waals surface area contributed by atoms with Crippen LogP contribution in [0.5, 0.6) is 5.75 Å². The average Bonchev–Trinajstić information content (AvgIpc) is 2.51. The van der Waals surface area contributed by atoms with Gasteiger partial charge in [-0.3, -0.25) is 0 Å². The van der Waals surface area contributed by atoms with E-state index in [1.165, 1.54) is 0 Å². The first kappa shape index (κ1) is 16.1. The van der Waals surface area contributed by atoms with Crippen molar-refractivity contribution in [2.45, 2.75) is 19.0 Å². The van der Waals surface area contributed by atoms with Crippen molar-refractivity contribution < 1.29 is 17.9 Å². The second-order valence-electron chi connectivity index (χ2n) is 4.80. The highest BCUT2D eigenvalue weighted by Gasteiger charge is 2.21. The molecule has 0 bridgehead atoms. The lowest BCUT2D eigenvalue weighted by Crippen LogP contribution is -2.01. The Morgan fingerprint density at radius 1 is 0.909 bits per heavy atom. The van der Waals surface area contributed by atoms with Crippen molar-refractivity contribution in [2.24, 2.45) is 0 Å². The molecule has 2 aromatic carbocycles. The van der Waals surface area contributed by atoms with E-state index in [4.69, 9.17) is 4.74 Å². The molecular weight excluding hydrogens is 289 g/mol. The maximum Gasteiger partial charge on any atom is 0.409 e. The Bertz CT molecular complexity index is 603. The number of allylic oxidation sites excluding steroid dienone is 2. The topological polar surface area (TPSA) is 9.23 Å². The standard InChI is InChI=1S/C18H17F3O/c19-18(20,21)13-7-2-8-14-22-17-12-6-5-11-16(17)15-9-3-1-4-10-15/h1,3-7,9-13H,2,8,14H2/b13-7+. The maximum absolute atomic E-state index is 12.0. The first-order chi connectivity index (χ1) is 10.6. The number of halogens is 3. The van der Waals surface area contributed by atoms with Crippen LogP contribution in [-0.2, 0) is 0 Å². The highest BCUT2D eigenvalue weighted by molar-refractivity contribution is 5.70. The van der Waals surface area contributed by atoms with Gasteiger partial charge in [-0.05, 0) is 24.5 Å². The predicted molar refractivity (Wildman–Crippen MR) is 81.8 cm³/mol. The molecule has 0 saturated carbocycles. The van der Waals surface area contributed by atoms with Crippen LogP contribution >= 0.6 is 0 Å². The molecule has 4 heteroatoms. The number of benzene rings is 2. The van der Waals surface area contributed by atoms with Crippen molar-refractivity contribution in [1.29, 1.82) is 0 Å². The monoisotopic (exact) mass is 306 g/mol. The molecular formula is C18H17F3O. The van der Waals surface area contributed by atoms with E-state index in [9.17, 15) is 13.2 Å². The maximum atomic E-state index is 12.0. The zero-order chi connectivity index (χ0) is 15.8. The minimum atomic E-state index is -4.24. The third-order valence-corrected chi connectivity index (χ3v) is 3.05. The molecule has 0 radical (unpaired) electrons. The number of alkyl halides is 3. The van der Waals surface area contributed by atoms with E-state index in [-0.39, 0.29) is 6.08 Å². The molecule has 0 fully saturated rings. The second kappa shape index (κ2) is 7.69. The van der Waals surface area contributed by atoms with E-state index in [0.717, 1.165) is 23.0 Å². The van der Waals surface area contributed by atoms with Gasteiger partial charge < -0.3 is 4.74 Å². The number of para-hydroxylation sites is 1. The van der Waals surface area contributed by atoms with Crippen LogP contribution in [0.25, 0.3) is 11.1 Å². The molecule has 0 N–H and O–H groups in total. The van der Waals surface area contributed by atoms with Crippen molar-refractivity contribution in [3.63, 3.8) is 0 Å². The van der Waals surface area contributed by atoms with Crippen molar-refractivity contribution >= 4 is 0 Å². The lowest BCUT2D eigenvalue weighted by atomic mass is 10.1. The van der Waals surface area contributed by atoms with Gasteiger partial charge in [0, 0.05) is 11.6 Å². The minimum absolute atomic E-state index is 0.269. The van der Waals surface area contributed by atoms with Gasteiger partial charge in [0.25, 0.3) is 0 Å². The molecule has 2 rings (SSSR count). The average molecular weight is 306 g/mol. The Morgan fingerprint density at radius 2 is 1.59 bits per heavy atom. The van der Waals surface area contributed by atoms with Gasteiger partial charge in [0.15, 0.2) is 0 Å². The zero-order valence-corrected chi connectivity index (χ0v) is 12.0. The van der Waals surface area contributed by atoms with Crippen LogP contribution < -0.4 is 4.74 Å². The summed E-state index contributed by atoms with van der Waals surface area (Å²) >= 11 is 0. The highest BCUT2D eigenvalue weighted by Crippen LogP contribution is 2.29. The first-order valence-electron chi connectivity index (χ1n) is 7.08. The van der Waals surface area contributed by atoms with Gasteiger partial charge in [-0.15, -0.1) is 0 Å². The van der Waals surface area contributed by atoms with Gasteiger partial charge in [0.2, 0.25) is 0 Å². The largest absolute Gasteiger partial charge is 0.493 e. The van der Waals surface area contributed by atoms with Crippen molar-refractivity contribution in [3.05, 3.63) is 66.7 Å². The van der Waals surface area contributed by atoms with Gasteiger partial charge in [-0.1, -0.05) is 54.6 Å². The Labute approximate surface area is 128 Å². The normalized spacial score (nSPS) is 11.8. The van der Waals surface area contributed by atoms with Crippen LogP contribution in [0.15, 0.2) is 66.7 Å². The van der Waals surface area contributed by atoms with E-state index >= 15 is 0 Å². The van der Waals surface area contributed by atoms with Gasteiger partial charge in [0.1, 0.15) is 5.75 Å². The molecule has 0 heterocycles. The summed E-state index contributed by atoms with van der Waals surface area (Å²) in [6, 6.07) is 17.5. The van der Waals surface area contributed by atoms with E-state index in [2.05, 4.69) is 0 Å². The van der Waals surface area contributed by atoms with Crippen LogP contribution in [0, 0.1) is 0 Å². The molecule has 0 aromatic heterocycles. The van der Waals surface area contributed by atoms with Gasteiger partial charge in [-0.2, -0.15) is 13.2 Å². The number of rotatable bonds is 6. The third-order valence-electron chi connectivity index (χ3n) is 3.05. The number of unbranched alkanes of at least 4 members (excludes halogenated alkanes) is 1. The van der Waals surface area contributed by atoms with Crippen LogP contribution in [0.4, 0.5) is 13.2 Å². The quantitative estimate of drug-likeness (QED) is 0.496. The van der Waals surface area contributed by atoms with Gasteiger partial charge in [-0.25, -0.2) is 0 Å². The number of ether oxygens (including phenoxy) is 1. The van der Waals surface area contributed by atoms with Gasteiger partial charge in [0.05, 0.1) is 6.61 Å². The fourth-order valence-corrected chi connectivity index (χ4v) is 2.05. The van der Waals surface area contributed by atoms with E-state index in [1.807, 2.05) is 54.6 Å². The lowest BCUT2D eigenvalue weighted by Gasteiger charge is -2.11. The van der Waals surface area contributed by atoms with Crippen LogP contribution in [0.3, 0.4) is 0 Å². The van der Waals surface area contributed by atoms with Crippen molar-refractivity contribution in [2.75, 3.05) is 6.61 Å². The molecule has 0 aliphatic rings. The molecule has 0 spiro atoms. The van der Waals surface area contributed by atoms with E-state index in [0.29, 0.717) is 19.4 Å². The Morgan fingerprint density at radius 3 is 2.32 bits per heavy atom. The third kappa shape index (κ3) is 5.28. The molecule has 1 nitrogen and oxygen atoms in total. The Kier molecular flexibility index (Phi) is 5.64. The molecule has 0 atom stereocenters. The fourth-order valence-electron chi connectivity index (χ4n) is 2.05. The highest BCUT2D eigenvalue weighted by atomic mass is 19.4. The van der Waals surface area contributed by atoms with Crippen LogP contribution in [-0.4, -0.2) is 12.8 Å². The Balaban J connectivity index is 1.90. The summed E-state index contributed by atoms with van der Waals surface area (Å²) in [5, 5.41) is 0. The predicted octanol–water partition coefficient (Wildman–Crippen LogP) is 5.63. The molecule has 2 aromatic rings. The number of hydrogen-bond donors (Lipinski definition) is 0. The molecule has 0 aliphatic carbocycles. The summed E-state index contributed by atoms with van der Waals surface area (Å²) in [7, 11) is 0. The summed E-state index contributed by atoms with van der Waals surface area (Å²) < 4.78 is 41.6. The molecule has 0 amide bonds. The van der Waals surface area contributed by atoms with E-state index < -0.39 is 6.18 Å². The molecule has 0 saturated heterocycles. The first-order valence-corrected chi connectivity index (χ1v) is 7.08. The summed E-state index contributed by atoms with van der Waals surface area (Å²) in [4.78, 5) is 0. The molecule has 0 aliphatic heterocycles. The fraction of sp³-hybridized carbons (Fsp3) is 0.222. The lowest BCUT2D eigenvalue weighted by molar-refractivity contribution is -0.0800. The summed E-state index contributed by atoms with van der Waals surface area (Å²) in [6.07, 6.45) is -1.96. The molecule has 22 heavy (non-hydrogen) atoms. The summed E-state index contributed by atoms with van der Waals surface area (Å²) in [6.45, 7) is 0.381. The van der Waals surface area contributed by atoms with Crippen molar-refractivity contribution in [3.8, 4) is 16.9 Å². The molecule has 0 unspecified atom stereocenters. The zero-order valence-electron chi connectivity index (χ0n) is 12.0. The van der Waals surface area contributed by atoms with Crippen molar-refractivity contribution in [1.82, 2.24) is 0 Å². The van der Waals surface area contributed by atoms with Crippen LogP contribution in [0.2, 0.25) is 0 Å². The minimum Gasteiger partial charge on any atom is -0.493 e. The number of hydrogen-bond acceptors (Lipinski definition) is 1. The smallest absolute Gasteiger partial charge is 0.409 e. The van der Waals surface area contributed by atoms with Gasteiger partial charge >= 0.3 is 6.18 Å². The summed E-state index contributed by atoms with van der Waals surface area (Å²) in [5.74, 6) is 0.744. The second-order valence-corrected chi connectivity index (χ2v) is 4.80.